The van der Waals surface area contributed by atoms with E-state index in [9.17, 15) is 4.79 Å². The van der Waals surface area contributed by atoms with Gasteiger partial charge in [-0.1, -0.05) is 41.4 Å². The first-order valence-electron chi connectivity index (χ1n) is 9.84. The molecule has 0 aliphatic heterocycles. The first kappa shape index (κ1) is 20.8. The number of hydrogen-bond acceptors (Lipinski definition) is 4. The molecule has 0 aliphatic rings. The third-order valence-corrected chi connectivity index (χ3v) is 5.13. The van der Waals surface area contributed by atoms with Crippen LogP contribution in [0.25, 0.3) is 0 Å². The van der Waals surface area contributed by atoms with Crippen LogP contribution < -0.4 is 10.1 Å². The summed E-state index contributed by atoms with van der Waals surface area (Å²) in [5.74, 6) is 1.52. The van der Waals surface area contributed by atoms with E-state index in [-0.39, 0.29) is 18.3 Å². The second-order valence-electron chi connectivity index (χ2n) is 7.31. The molecule has 2 aromatic heterocycles. The van der Waals surface area contributed by atoms with Gasteiger partial charge in [0.15, 0.2) is 11.6 Å². The molecule has 0 atom stereocenters. The number of carbonyl (C=O) groups is 1. The van der Waals surface area contributed by atoms with Gasteiger partial charge in [-0.15, -0.1) is 0 Å². The third-order valence-electron chi connectivity index (χ3n) is 4.71. The number of aromatic nitrogens is 2. The van der Waals surface area contributed by atoms with E-state index in [1.807, 2.05) is 31.3 Å². The fourth-order valence-electron chi connectivity index (χ4n) is 3.13. The minimum Gasteiger partial charge on any atom is -0.486 e. The van der Waals surface area contributed by atoms with Gasteiger partial charge in [-0.05, 0) is 55.3 Å². The Kier molecular flexibility index (Phi) is 6.09. The molecule has 158 valence electrons. The zero-order valence-electron chi connectivity index (χ0n) is 17.3. The summed E-state index contributed by atoms with van der Waals surface area (Å²) in [5, 5.41) is 7.85. The first-order valence-corrected chi connectivity index (χ1v) is 10.2. The van der Waals surface area contributed by atoms with Crippen LogP contribution in [-0.4, -0.2) is 15.7 Å². The maximum absolute atomic E-state index is 12.5. The van der Waals surface area contributed by atoms with Crippen molar-refractivity contribution < 1.29 is 13.9 Å². The fourth-order valence-corrected chi connectivity index (χ4v) is 3.25. The summed E-state index contributed by atoms with van der Waals surface area (Å²) in [7, 11) is 0. The van der Waals surface area contributed by atoms with Gasteiger partial charge in [-0.25, -0.2) is 0 Å². The highest BCUT2D eigenvalue weighted by Crippen LogP contribution is 2.22. The molecule has 0 spiro atoms. The highest BCUT2D eigenvalue weighted by Gasteiger charge is 2.13. The van der Waals surface area contributed by atoms with Crippen molar-refractivity contribution in [3.8, 4) is 5.75 Å². The summed E-state index contributed by atoms with van der Waals surface area (Å²) < 4.78 is 13.1. The van der Waals surface area contributed by atoms with Gasteiger partial charge in [-0.3, -0.25) is 9.48 Å². The van der Waals surface area contributed by atoms with Crippen LogP contribution >= 0.6 is 11.6 Å². The summed E-state index contributed by atoms with van der Waals surface area (Å²) in [6, 6.07) is 18.7. The molecular formula is C24H22ClN3O3. The molecule has 0 fully saturated rings. The smallest absolute Gasteiger partial charge is 0.292 e. The Bertz CT molecular complexity index is 1210. The molecule has 1 amide bonds. The van der Waals surface area contributed by atoms with Crippen molar-refractivity contribution in [2.45, 2.75) is 27.0 Å². The molecule has 4 aromatic rings. The monoisotopic (exact) mass is 435 g/mol. The van der Waals surface area contributed by atoms with Gasteiger partial charge in [0.05, 0.1) is 6.54 Å². The standard InChI is InChI=1S/C24H22ClN3O3/c1-16-4-3-5-18(12-16)14-28-11-10-23(27-28)26-24(29)22-9-7-20(31-22)15-30-19-6-8-21(25)17(2)13-19/h3-13H,14-15H2,1-2H3,(H,26,27,29). The number of halogens is 1. The Morgan fingerprint density at radius 2 is 2.00 bits per heavy atom. The van der Waals surface area contributed by atoms with Crippen LogP contribution in [0.5, 0.6) is 5.75 Å². The Balaban J connectivity index is 1.33. The van der Waals surface area contributed by atoms with Crippen molar-refractivity contribution in [1.29, 1.82) is 0 Å². The number of benzene rings is 2. The van der Waals surface area contributed by atoms with Crippen LogP contribution in [0.15, 0.2) is 71.3 Å². The summed E-state index contributed by atoms with van der Waals surface area (Å²) >= 11 is 6.03. The van der Waals surface area contributed by atoms with Crippen LogP contribution in [-0.2, 0) is 13.2 Å². The molecule has 31 heavy (non-hydrogen) atoms. The number of aryl methyl sites for hydroxylation is 2. The molecular weight excluding hydrogens is 414 g/mol. The molecule has 0 aliphatic carbocycles. The lowest BCUT2D eigenvalue weighted by Gasteiger charge is -2.06. The summed E-state index contributed by atoms with van der Waals surface area (Å²) in [6.45, 7) is 4.80. The topological polar surface area (TPSA) is 69.3 Å². The van der Waals surface area contributed by atoms with Gasteiger partial charge >= 0.3 is 0 Å². The Hall–Kier alpha value is -3.51. The largest absolute Gasteiger partial charge is 0.486 e. The van der Waals surface area contributed by atoms with Gasteiger partial charge < -0.3 is 14.5 Å². The fraction of sp³-hybridized carbons (Fsp3) is 0.167. The molecule has 6 nitrogen and oxygen atoms in total. The van der Waals surface area contributed by atoms with Crippen LogP contribution in [0.1, 0.15) is 33.0 Å². The summed E-state index contributed by atoms with van der Waals surface area (Å²) in [6.07, 6.45) is 1.83. The third kappa shape index (κ3) is 5.35. The second-order valence-corrected chi connectivity index (χ2v) is 7.71. The highest BCUT2D eigenvalue weighted by molar-refractivity contribution is 6.31. The molecule has 2 heterocycles. The van der Waals surface area contributed by atoms with E-state index in [2.05, 4.69) is 29.5 Å². The molecule has 2 aromatic carbocycles. The number of ether oxygens (including phenoxy) is 1. The van der Waals surface area contributed by atoms with Gasteiger partial charge in [0.1, 0.15) is 18.1 Å². The predicted molar refractivity (Wildman–Crippen MR) is 120 cm³/mol. The Morgan fingerprint density at radius 3 is 2.81 bits per heavy atom. The molecule has 0 saturated heterocycles. The number of anilines is 1. The van der Waals surface area contributed by atoms with Gasteiger partial charge in [-0.2, -0.15) is 5.10 Å². The quantitative estimate of drug-likeness (QED) is 0.408. The summed E-state index contributed by atoms with van der Waals surface area (Å²) in [4.78, 5) is 12.5. The number of amides is 1. The molecule has 4 rings (SSSR count). The van der Waals surface area contributed by atoms with E-state index in [4.69, 9.17) is 20.8 Å². The van der Waals surface area contributed by atoms with E-state index in [1.165, 1.54) is 5.56 Å². The summed E-state index contributed by atoms with van der Waals surface area (Å²) in [5.41, 5.74) is 3.27. The van der Waals surface area contributed by atoms with Crippen LogP contribution in [0, 0.1) is 13.8 Å². The minimum absolute atomic E-state index is 0.194. The molecule has 0 radical (unpaired) electrons. The highest BCUT2D eigenvalue weighted by atomic mass is 35.5. The van der Waals surface area contributed by atoms with Crippen LogP contribution in [0.4, 0.5) is 5.82 Å². The predicted octanol–water partition coefficient (Wildman–Crippen LogP) is 5.63. The van der Waals surface area contributed by atoms with Crippen LogP contribution in [0.2, 0.25) is 5.02 Å². The molecule has 0 saturated carbocycles. The minimum atomic E-state index is -0.366. The normalized spacial score (nSPS) is 10.8. The average molecular weight is 436 g/mol. The van der Waals surface area contributed by atoms with Crippen molar-refractivity contribution in [3.63, 3.8) is 0 Å². The number of nitrogens with one attached hydrogen (secondary N) is 1. The van der Waals surface area contributed by atoms with Gasteiger partial charge in [0.2, 0.25) is 0 Å². The van der Waals surface area contributed by atoms with Gasteiger partial charge in [0, 0.05) is 17.3 Å². The van der Waals surface area contributed by atoms with E-state index >= 15 is 0 Å². The van der Waals surface area contributed by atoms with Gasteiger partial charge in [0.25, 0.3) is 5.91 Å². The van der Waals surface area contributed by atoms with E-state index in [1.54, 1.807) is 35.0 Å². The van der Waals surface area contributed by atoms with E-state index in [0.29, 0.717) is 28.9 Å². The van der Waals surface area contributed by atoms with Crippen molar-refractivity contribution in [2.75, 3.05) is 5.32 Å². The molecule has 0 bridgehead atoms. The SMILES string of the molecule is Cc1cccc(Cn2ccc(NC(=O)c3ccc(COc4ccc(Cl)c(C)c4)o3)n2)c1. The number of carbonyl (C=O) groups excluding carboxylic acids is 1. The lowest BCUT2D eigenvalue weighted by molar-refractivity contribution is 0.0992. The zero-order chi connectivity index (χ0) is 21.8. The Labute approximate surface area is 185 Å². The molecule has 1 N–H and O–H groups in total. The zero-order valence-corrected chi connectivity index (χ0v) is 18.0. The number of nitrogens with zero attached hydrogens (tertiary/aromatic N) is 2. The van der Waals surface area contributed by atoms with Crippen LogP contribution in [0.3, 0.4) is 0 Å². The van der Waals surface area contributed by atoms with Crippen molar-refractivity contribution in [1.82, 2.24) is 9.78 Å². The van der Waals surface area contributed by atoms with Crippen molar-refractivity contribution >= 4 is 23.3 Å². The second kappa shape index (κ2) is 9.10. The maximum Gasteiger partial charge on any atom is 0.292 e. The lowest BCUT2D eigenvalue weighted by atomic mass is 10.1. The van der Waals surface area contributed by atoms with Crippen molar-refractivity contribution in [3.05, 3.63) is 100 Å². The molecule has 7 heteroatoms. The number of furan rings is 1. The van der Waals surface area contributed by atoms with Crippen molar-refractivity contribution in [2.24, 2.45) is 0 Å². The number of hydrogen-bond donors (Lipinski definition) is 1. The van der Waals surface area contributed by atoms with E-state index in [0.717, 1.165) is 11.1 Å². The maximum atomic E-state index is 12.5. The molecule has 0 unspecified atom stereocenters. The lowest BCUT2D eigenvalue weighted by Crippen LogP contribution is -2.12. The Morgan fingerprint density at radius 1 is 1.13 bits per heavy atom. The number of rotatable bonds is 7. The first-order chi connectivity index (χ1) is 15.0. The average Bonchev–Trinajstić information content (AvgIpc) is 3.38. The van der Waals surface area contributed by atoms with E-state index < -0.39 is 0 Å².